The van der Waals surface area contributed by atoms with E-state index in [1.54, 1.807) is 62.4 Å². The predicted molar refractivity (Wildman–Crippen MR) is 169 cm³/mol. The first-order chi connectivity index (χ1) is 21.0. The molecule has 4 rings (SSSR count). The summed E-state index contributed by atoms with van der Waals surface area (Å²) >= 11 is 12.5. The maximum absolute atomic E-state index is 14.1. The quantitative estimate of drug-likeness (QED) is 0.173. The molecule has 12 heteroatoms. The van der Waals surface area contributed by atoms with Crippen LogP contribution in [0.3, 0.4) is 0 Å². The van der Waals surface area contributed by atoms with Crippen LogP contribution in [-0.4, -0.2) is 39.5 Å². The van der Waals surface area contributed by atoms with Gasteiger partial charge in [-0.2, -0.15) is 0 Å². The summed E-state index contributed by atoms with van der Waals surface area (Å²) in [6.07, 6.45) is 0. The summed E-state index contributed by atoms with van der Waals surface area (Å²) in [7, 11) is -4.32. The Morgan fingerprint density at radius 3 is 1.91 bits per heavy atom. The summed E-state index contributed by atoms with van der Waals surface area (Å²) in [4.78, 5) is 37.9. The Morgan fingerprint density at radius 2 is 1.34 bits per heavy atom. The monoisotopic (exact) mass is 654 g/mol. The van der Waals surface area contributed by atoms with Crippen molar-refractivity contribution in [3.05, 3.63) is 123 Å². The molecule has 0 unspecified atom stereocenters. The number of nitrogens with one attached hydrogen (secondary N) is 1. The van der Waals surface area contributed by atoms with E-state index in [9.17, 15) is 22.8 Å². The van der Waals surface area contributed by atoms with Gasteiger partial charge in [0.2, 0.25) is 0 Å². The van der Waals surface area contributed by atoms with Gasteiger partial charge in [-0.3, -0.25) is 9.10 Å². The third kappa shape index (κ3) is 7.76. The van der Waals surface area contributed by atoms with Gasteiger partial charge in [0.05, 0.1) is 41.6 Å². The van der Waals surface area contributed by atoms with Crippen LogP contribution in [-0.2, 0) is 26.0 Å². The molecule has 4 aromatic carbocycles. The lowest BCUT2D eigenvalue weighted by Gasteiger charge is -2.25. The fourth-order valence-electron chi connectivity index (χ4n) is 4.20. The topological polar surface area (TPSA) is 119 Å². The van der Waals surface area contributed by atoms with E-state index in [-0.39, 0.29) is 52.1 Å². The molecule has 228 valence electrons. The Bertz CT molecular complexity index is 1740. The average molecular weight is 656 g/mol. The number of halogens is 2. The van der Waals surface area contributed by atoms with Crippen molar-refractivity contribution < 1.29 is 32.3 Å². The van der Waals surface area contributed by atoms with Gasteiger partial charge in [0, 0.05) is 16.3 Å². The summed E-state index contributed by atoms with van der Waals surface area (Å²) in [5, 5.41) is 2.95. The van der Waals surface area contributed by atoms with Gasteiger partial charge in [0.1, 0.15) is 4.90 Å². The molecular formula is C32H28Cl2N2O7S. The third-order valence-corrected chi connectivity index (χ3v) is 8.77. The smallest absolute Gasteiger partial charge is 0.338 e. The number of hydrogen-bond acceptors (Lipinski definition) is 7. The molecule has 1 amide bonds. The summed E-state index contributed by atoms with van der Waals surface area (Å²) in [5.74, 6) is -2.11. The molecule has 0 saturated carbocycles. The van der Waals surface area contributed by atoms with Crippen LogP contribution < -0.4 is 9.62 Å². The van der Waals surface area contributed by atoms with Gasteiger partial charge in [-0.15, -0.1) is 0 Å². The molecule has 44 heavy (non-hydrogen) atoms. The SMILES string of the molecule is CCOC(=O)c1cc(NC(=O)c2ccc(Cl)c(S(=O)(=O)N(Cc3ccccc3)c3ccc(Cl)cc3)c2)cc(C(=O)OCC)c1. The zero-order chi connectivity index (χ0) is 31.9. The molecule has 4 aromatic rings. The van der Waals surface area contributed by atoms with Crippen molar-refractivity contribution in [3.8, 4) is 0 Å². The lowest BCUT2D eigenvalue weighted by atomic mass is 10.1. The highest BCUT2D eigenvalue weighted by Gasteiger charge is 2.29. The van der Waals surface area contributed by atoms with Gasteiger partial charge in [-0.1, -0.05) is 53.5 Å². The fraction of sp³-hybridized carbons (Fsp3) is 0.156. The highest BCUT2D eigenvalue weighted by atomic mass is 35.5. The standard InChI is InChI=1S/C32H28Cl2N2O7S/c1-3-42-31(38)23-16-24(32(39)43-4-2)18-26(17-23)35-30(37)22-10-15-28(34)29(19-22)44(40,41)36(20-21-8-6-5-7-9-21)27-13-11-25(33)12-14-27/h5-19H,3-4,20H2,1-2H3,(H,35,37). The summed E-state index contributed by atoms with van der Waals surface area (Å²) in [6, 6.07) is 23.1. The van der Waals surface area contributed by atoms with Crippen LogP contribution in [0.4, 0.5) is 11.4 Å². The minimum Gasteiger partial charge on any atom is -0.462 e. The minimum absolute atomic E-state index is 0.0190. The molecule has 9 nitrogen and oxygen atoms in total. The number of carbonyl (C=O) groups is 3. The second-order valence-electron chi connectivity index (χ2n) is 9.31. The molecular weight excluding hydrogens is 627 g/mol. The third-order valence-electron chi connectivity index (χ3n) is 6.26. The van der Waals surface area contributed by atoms with Crippen molar-refractivity contribution in [1.82, 2.24) is 0 Å². The first-order valence-corrected chi connectivity index (χ1v) is 15.7. The van der Waals surface area contributed by atoms with Crippen LogP contribution in [0.5, 0.6) is 0 Å². The first-order valence-electron chi connectivity index (χ1n) is 13.5. The van der Waals surface area contributed by atoms with Gasteiger partial charge >= 0.3 is 11.9 Å². The molecule has 1 N–H and O–H groups in total. The van der Waals surface area contributed by atoms with Gasteiger partial charge in [0.25, 0.3) is 15.9 Å². The van der Waals surface area contributed by atoms with Gasteiger partial charge in [-0.05, 0) is 80.1 Å². The average Bonchev–Trinajstić information content (AvgIpc) is 3.01. The van der Waals surface area contributed by atoms with Crippen LogP contribution in [0.15, 0.2) is 95.9 Å². The van der Waals surface area contributed by atoms with Crippen molar-refractivity contribution >= 4 is 62.4 Å². The van der Waals surface area contributed by atoms with E-state index < -0.39 is 27.9 Å². The molecule has 0 atom stereocenters. The van der Waals surface area contributed by atoms with E-state index in [0.717, 1.165) is 5.56 Å². The molecule has 0 aliphatic heterocycles. The molecule has 0 bridgehead atoms. The van der Waals surface area contributed by atoms with Crippen molar-refractivity contribution in [2.45, 2.75) is 25.3 Å². The van der Waals surface area contributed by atoms with Crippen molar-refractivity contribution in [1.29, 1.82) is 0 Å². The van der Waals surface area contributed by atoms with Crippen LogP contribution in [0.1, 0.15) is 50.5 Å². The van der Waals surface area contributed by atoms with E-state index in [2.05, 4.69) is 5.32 Å². The number of amides is 1. The molecule has 0 aromatic heterocycles. The second kappa shape index (κ2) is 14.4. The molecule has 0 aliphatic carbocycles. The Morgan fingerprint density at radius 1 is 0.750 bits per heavy atom. The van der Waals surface area contributed by atoms with Crippen molar-refractivity contribution in [2.75, 3.05) is 22.8 Å². The van der Waals surface area contributed by atoms with Crippen LogP contribution in [0.2, 0.25) is 10.0 Å². The Kier molecular flexibility index (Phi) is 10.6. The maximum atomic E-state index is 14.1. The Labute approximate surface area is 265 Å². The van der Waals surface area contributed by atoms with E-state index in [1.165, 1.54) is 40.7 Å². The number of esters is 2. The Hall–Kier alpha value is -4.38. The van der Waals surface area contributed by atoms with E-state index in [1.807, 2.05) is 6.07 Å². The minimum atomic E-state index is -4.32. The highest BCUT2D eigenvalue weighted by molar-refractivity contribution is 7.93. The van der Waals surface area contributed by atoms with Crippen LogP contribution >= 0.6 is 23.2 Å². The number of rotatable bonds is 11. The highest BCUT2D eigenvalue weighted by Crippen LogP contribution is 2.32. The summed E-state index contributed by atoms with van der Waals surface area (Å²) in [5.41, 5.74) is 1.15. The fourth-order valence-corrected chi connectivity index (χ4v) is 6.28. The second-order valence-corrected chi connectivity index (χ2v) is 12.0. The van der Waals surface area contributed by atoms with E-state index in [0.29, 0.717) is 10.7 Å². The molecule has 0 aliphatic rings. The predicted octanol–water partition coefficient (Wildman–Crippen LogP) is 6.99. The van der Waals surface area contributed by atoms with Crippen LogP contribution in [0.25, 0.3) is 0 Å². The zero-order valence-corrected chi connectivity index (χ0v) is 26.1. The summed E-state index contributed by atoms with van der Waals surface area (Å²) < 4.78 is 39.5. The molecule has 0 heterocycles. The number of benzene rings is 4. The van der Waals surface area contributed by atoms with Crippen molar-refractivity contribution in [2.24, 2.45) is 0 Å². The Balaban J connectivity index is 1.71. The van der Waals surface area contributed by atoms with Gasteiger partial charge in [-0.25, -0.2) is 18.0 Å². The van der Waals surface area contributed by atoms with Crippen LogP contribution in [0, 0.1) is 0 Å². The number of nitrogens with zero attached hydrogens (tertiary/aromatic N) is 1. The number of sulfonamides is 1. The first kappa shape index (κ1) is 32.5. The molecule has 0 fully saturated rings. The zero-order valence-electron chi connectivity index (χ0n) is 23.8. The molecule has 0 saturated heterocycles. The van der Waals surface area contributed by atoms with Gasteiger partial charge in [0.15, 0.2) is 0 Å². The lowest BCUT2D eigenvalue weighted by molar-refractivity contribution is 0.0525. The van der Waals surface area contributed by atoms with Gasteiger partial charge < -0.3 is 14.8 Å². The van der Waals surface area contributed by atoms with E-state index >= 15 is 0 Å². The maximum Gasteiger partial charge on any atom is 0.338 e. The summed E-state index contributed by atoms with van der Waals surface area (Å²) in [6.45, 7) is 3.45. The number of carbonyl (C=O) groups excluding carboxylic acids is 3. The largest absolute Gasteiger partial charge is 0.462 e. The number of hydrogen-bond donors (Lipinski definition) is 1. The van der Waals surface area contributed by atoms with Crippen molar-refractivity contribution in [3.63, 3.8) is 0 Å². The number of anilines is 2. The number of ether oxygens (including phenoxy) is 2. The molecule has 0 radical (unpaired) electrons. The van der Waals surface area contributed by atoms with E-state index in [4.69, 9.17) is 32.7 Å². The normalized spacial score (nSPS) is 11.0. The lowest BCUT2D eigenvalue weighted by Crippen LogP contribution is -2.31. The molecule has 0 spiro atoms.